The van der Waals surface area contributed by atoms with Gasteiger partial charge in [-0.2, -0.15) is 0 Å². The Balaban J connectivity index is 0.000000861. The Morgan fingerprint density at radius 3 is 2.42 bits per heavy atom. The van der Waals surface area contributed by atoms with E-state index >= 15 is 0 Å². The number of nitrogens with two attached hydrogens (primary N) is 1. The number of rotatable bonds is 5. The number of aryl methyl sites for hydroxylation is 1. The Morgan fingerprint density at radius 2 is 1.95 bits per heavy atom. The lowest BCUT2D eigenvalue weighted by Gasteiger charge is -2.07. The zero-order valence-corrected chi connectivity index (χ0v) is 11.9. The average Bonchev–Trinajstić information content (AvgIpc) is 3.18. The molecule has 1 saturated heterocycles. The highest BCUT2D eigenvalue weighted by Gasteiger charge is 2.41. The Kier molecular flexibility index (Phi) is 5.99. The van der Waals surface area contributed by atoms with Crippen LogP contribution in [0.5, 0.6) is 0 Å². The van der Waals surface area contributed by atoms with Gasteiger partial charge < -0.3 is 9.47 Å². The molecule has 1 aliphatic rings. The number of epoxide rings is 1. The molecule has 1 aromatic rings. The quantitative estimate of drug-likeness (QED) is 0.656. The van der Waals surface area contributed by atoms with Gasteiger partial charge in [0.25, 0.3) is 0 Å². The van der Waals surface area contributed by atoms with Crippen LogP contribution in [0.3, 0.4) is 0 Å². The number of hydrogen-bond acceptors (Lipinski definition) is 4. The van der Waals surface area contributed by atoms with Crippen molar-refractivity contribution in [1.29, 1.82) is 0 Å². The molecule has 0 bridgehead atoms. The van der Waals surface area contributed by atoms with Gasteiger partial charge in [-0.3, -0.25) is 5.73 Å². The molecule has 1 atom stereocenters. The minimum atomic E-state index is -0.738. The van der Waals surface area contributed by atoms with E-state index in [1.165, 1.54) is 5.56 Å². The highest BCUT2D eigenvalue weighted by atomic mass is 16.6. The largest absolute Gasteiger partial charge is 0.457 e. The number of benzene rings is 1. The maximum absolute atomic E-state index is 11.7. The fourth-order valence-electron chi connectivity index (χ4n) is 1.54. The summed E-state index contributed by atoms with van der Waals surface area (Å²) >= 11 is 0. The Morgan fingerprint density at radius 1 is 1.37 bits per heavy atom. The fourth-order valence-corrected chi connectivity index (χ4v) is 1.54. The molecule has 0 spiro atoms. The summed E-state index contributed by atoms with van der Waals surface area (Å²) < 4.78 is 10.00. The van der Waals surface area contributed by atoms with E-state index < -0.39 is 5.72 Å². The van der Waals surface area contributed by atoms with E-state index in [1.54, 1.807) is 12.1 Å². The van der Waals surface area contributed by atoms with Crippen molar-refractivity contribution >= 4 is 5.97 Å². The summed E-state index contributed by atoms with van der Waals surface area (Å²) in [6.45, 7) is 6.69. The van der Waals surface area contributed by atoms with Crippen LogP contribution in [0, 0.1) is 0 Å². The predicted octanol–water partition coefficient (Wildman–Crippen LogP) is 2.51. The van der Waals surface area contributed by atoms with Gasteiger partial charge in [0.1, 0.15) is 6.61 Å². The van der Waals surface area contributed by atoms with E-state index in [9.17, 15) is 4.79 Å². The molecule has 0 aromatic heterocycles. The second-order valence-corrected chi connectivity index (χ2v) is 4.38. The Labute approximate surface area is 114 Å². The molecule has 0 amide bonds. The van der Waals surface area contributed by atoms with Crippen molar-refractivity contribution in [2.75, 3.05) is 13.2 Å². The molecule has 2 N–H and O–H groups in total. The number of hydrogen-bond donors (Lipinski definition) is 1. The van der Waals surface area contributed by atoms with Crippen LogP contribution in [0.25, 0.3) is 0 Å². The molecule has 106 valence electrons. The molecule has 1 fully saturated rings. The standard InChI is InChI=1S/C13H17NO3.C2H6/c1-2-3-10-4-6-11(7-5-10)12(15)16-8-13(14)9-17-13;1-2/h4-7H,2-3,8-9,14H2,1H3;1-2H3. The number of esters is 1. The Bertz CT molecular complexity index is 396. The molecular weight excluding hydrogens is 242 g/mol. The third-order valence-electron chi connectivity index (χ3n) is 2.69. The van der Waals surface area contributed by atoms with Gasteiger partial charge in [0.2, 0.25) is 0 Å². The summed E-state index contributed by atoms with van der Waals surface area (Å²) in [5, 5.41) is 0. The van der Waals surface area contributed by atoms with Gasteiger partial charge in [-0.1, -0.05) is 39.3 Å². The molecule has 0 aliphatic carbocycles. The van der Waals surface area contributed by atoms with Crippen LogP contribution >= 0.6 is 0 Å². The van der Waals surface area contributed by atoms with Crippen molar-refractivity contribution in [3.05, 3.63) is 35.4 Å². The summed E-state index contributed by atoms with van der Waals surface area (Å²) in [5.74, 6) is -0.353. The van der Waals surface area contributed by atoms with E-state index in [0.29, 0.717) is 12.2 Å². The van der Waals surface area contributed by atoms with Gasteiger partial charge in [-0.05, 0) is 24.1 Å². The molecule has 4 heteroatoms. The SMILES string of the molecule is CC.CCCc1ccc(C(=O)OCC2(N)CO2)cc1. The zero-order valence-electron chi connectivity index (χ0n) is 11.9. The van der Waals surface area contributed by atoms with Gasteiger partial charge >= 0.3 is 5.97 Å². The normalized spacial score (nSPS) is 20.2. The first kappa shape index (κ1) is 15.7. The molecule has 1 aliphatic heterocycles. The van der Waals surface area contributed by atoms with Crippen LogP contribution in [0.4, 0.5) is 0 Å². The first-order valence-corrected chi connectivity index (χ1v) is 6.82. The minimum Gasteiger partial charge on any atom is -0.457 e. The second-order valence-electron chi connectivity index (χ2n) is 4.38. The molecule has 1 heterocycles. The van der Waals surface area contributed by atoms with E-state index in [-0.39, 0.29) is 12.6 Å². The Hall–Kier alpha value is -1.39. The van der Waals surface area contributed by atoms with E-state index in [0.717, 1.165) is 12.8 Å². The summed E-state index contributed by atoms with van der Waals surface area (Å²) in [6.07, 6.45) is 2.12. The van der Waals surface area contributed by atoms with Crippen LogP contribution in [-0.2, 0) is 15.9 Å². The molecule has 0 saturated carbocycles. The van der Waals surface area contributed by atoms with Gasteiger partial charge in [0.05, 0.1) is 12.2 Å². The second kappa shape index (κ2) is 7.26. The topological polar surface area (TPSA) is 64.8 Å². The van der Waals surface area contributed by atoms with Crippen LogP contribution in [-0.4, -0.2) is 24.9 Å². The molecule has 1 aromatic carbocycles. The number of carbonyl (C=O) groups excluding carboxylic acids is 1. The first-order valence-electron chi connectivity index (χ1n) is 6.82. The van der Waals surface area contributed by atoms with Crippen molar-refractivity contribution in [2.45, 2.75) is 39.3 Å². The zero-order chi connectivity index (χ0) is 14.3. The van der Waals surface area contributed by atoms with Crippen molar-refractivity contribution in [2.24, 2.45) is 5.73 Å². The molecule has 1 unspecified atom stereocenters. The van der Waals surface area contributed by atoms with Crippen molar-refractivity contribution in [1.82, 2.24) is 0 Å². The van der Waals surface area contributed by atoms with Crippen LogP contribution in [0.15, 0.2) is 24.3 Å². The maximum Gasteiger partial charge on any atom is 0.338 e. The number of ether oxygens (including phenoxy) is 2. The van der Waals surface area contributed by atoms with Gasteiger partial charge in [-0.25, -0.2) is 4.79 Å². The lowest BCUT2D eigenvalue weighted by molar-refractivity contribution is 0.0399. The fraction of sp³-hybridized carbons (Fsp3) is 0.533. The summed E-state index contributed by atoms with van der Waals surface area (Å²) in [7, 11) is 0. The maximum atomic E-state index is 11.7. The van der Waals surface area contributed by atoms with E-state index in [1.807, 2.05) is 26.0 Å². The van der Waals surface area contributed by atoms with Gasteiger partial charge in [0.15, 0.2) is 5.72 Å². The molecule has 4 nitrogen and oxygen atoms in total. The summed E-state index contributed by atoms with van der Waals surface area (Å²) in [6, 6.07) is 7.46. The highest BCUT2D eigenvalue weighted by Crippen LogP contribution is 2.20. The highest BCUT2D eigenvalue weighted by molar-refractivity contribution is 5.89. The number of carbonyl (C=O) groups is 1. The lowest BCUT2D eigenvalue weighted by atomic mass is 10.1. The minimum absolute atomic E-state index is 0.114. The lowest BCUT2D eigenvalue weighted by Crippen LogP contribution is -2.31. The van der Waals surface area contributed by atoms with Crippen molar-refractivity contribution < 1.29 is 14.3 Å². The summed E-state index contributed by atoms with van der Waals surface area (Å²) in [5.41, 5.74) is 6.68. The van der Waals surface area contributed by atoms with Crippen LogP contribution < -0.4 is 5.73 Å². The predicted molar refractivity (Wildman–Crippen MR) is 74.9 cm³/mol. The third kappa shape index (κ3) is 5.01. The monoisotopic (exact) mass is 265 g/mol. The summed E-state index contributed by atoms with van der Waals surface area (Å²) in [4.78, 5) is 11.7. The molecule has 0 radical (unpaired) electrons. The molecule has 19 heavy (non-hydrogen) atoms. The van der Waals surface area contributed by atoms with E-state index in [2.05, 4.69) is 6.92 Å². The molecule has 2 rings (SSSR count). The van der Waals surface area contributed by atoms with E-state index in [4.69, 9.17) is 15.2 Å². The first-order chi connectivity index (χ1) is 9.13. The van der Waals surface area contributed by atoms with Crippen LogP contribution in [0.1, 0.15) is 43.1 Å². The van der Waals surface area contributed by atoms with Gasteiger partial charge in [-0.15, -0.1) is 0 Å². The third-order valence-corrected chi connectivity index (χ3v) is 2.69. The van der Waals surface area contributed by atoms with Crippen molar-refractivity contribution in [3.8, 4) is 0 Å². The van der Waals surface area contributed by atoms with Gasteiger partial charge in [0, 0.05) is 0 Å². The molecular formula is C15H23NO3. The van der Waals surface area contributed by atoms with Crippen molar-refractivity contribution in [3.63, 3.8) is 0 Å². The smallest absolute Gasteiger partial charge is 0.338 e. The average molecular weight is 265 g/mol. The van der Waals surface area contributed by atoms with Crippen LogP contribution in [0.2, 0.25) is 0 Å².